The fraction of sp³-hybridized carbons (Fsp3) is 0.219. The van der Waals surface area contributed by atoms with Gasteiger partial charge in [-0.3, -0.25) is 9.69 Å². The Morgan fingerprint density at radius 2 is 1.46 bits per heavy atom. The quantitative estimate of drug-likeness (QED) is 0.288. The number of ether oxygens (including phenoxy) is 1. The summed E-state index contributed by atoms with van der Waals surface area (Å²) < 4.78 is 6.59. The minimum Gasteiger partial charge on any atom is -0.468 e. The molecule has 3 aromatic carbocycles. The molecule has 1 aliphatic heterocycles. The van der Waals surface area contributed by atoms with E-state index in [1.165, 1.54) is 23.8 Å². The maximum atomic E-state index is 11.7. The number of rotatable bonds is 7. The van der Waals surface area contributed by atoms with Gasteiger partial charge >= 0.3 is 5.97 Å². The average Bonchev–Trinajstić information content (AvgIpc) is 3.39. The Bertz CT molecular complexity index is 1250. The summed E-state index contributed by atoms with van der Waals surface area (Å²) in [5, 5.41) is 11.0. The van der Waals surface area contributed by atoms with Crippen molar-refractivity contribution in [1.82, 2.24) is 9.47 Å². The van der Waals surface area contributed by atoms with Crippen LogP contribution < -0.4 is 0 Å². The Morgan fingerprint density at radius 3 is 1.97 bits per heavy atom. The summed E-state index contributed by atoms with van der Waals surface area (Å²) in [7, 11) is 1.39. The SMILES string of the molecule is COC(=O)Cn1ccc(C=C2CN(C(c3ccccc3)(c3ccccc3)c3ccccc3)CCC2O)c1. The van der Waals surface area contributed by atoms with Crippen LogP contribution in [0.5, 0.6) is 0 Å². The topological polar surface area (TPSA) is 54.7 Å². The van der Waals surface area contributed by atoms with Crippen LogP contribution in [-0.4, -0.2) is 46.8 Å². The Kier molecular flexibility index (Phi) is 7.35. The van der Waals surface area contributed by atoms with Crippen molar-refractivity contribution in [2.75, 3.05) is 20.2 Å². The normalized spacial score (nSPS) is 17.6. The Morgan fingerprint density at radius 1 is 0.919 bits per heavy atom. The summed E-state index contributed by atoms with van der Waals surface area (Å²) in [5.41, 5.74) is 4.94. The van der Waals surface area contributed by atoms with Crippen LogP contribution in [0.15, 0.2) is 115 Å². The molecule has 0 saturated carbocycles. The van der Waals surface area contributed by atoms with Gasteiger partial charge in [0.25, 0.3) is 0 Å². The molecule has 5 heteroatoms. The van der Waals surface area contributed by atoms with E-state index in [-0.39, 0.29) is 12.5 Å². The Labute approximate surface area is 218 Å². The number of carbonyl (C=O) groups is 1. The fourth-order valence-corrected chi connectivity index (χ4v) is 5.45. The van der Waals surface area contributed by atoms with Crippen LogP contribution in [0.25, 0.3) is 6.08 Å². The zero-order valence-electron chi connectivity index (χ0n) is 21.0. The number of esters is 1. The van der Waals surface area contributed by atoms with Crippen molar-refractivity contribution in [2.24, 2.45) is 0 Å². The lowest BCUT2D eigenvalue weighted by molar-refractivity contribution is -0.141. The predicted molar refractivity (Wildman–Crippen MR) is 146 cm³/mol. The van der Waals surface area contributed by atoms with E-state index in [2.05, 4.69) is 102 Å². The average molecular weight is 493 g/mol. The molecule has 1 aromatic heterocycles. The van der Waals surface area contributed by atoms with E-state index in [1.54, 1.807) is 4.57 Å². The highest BCUT2D eigenvalue weighted by Gasteiger charge is 2.44. The number of benzene rings is 3. The molecule has 4 aromatic rings. The lowest BCUT2D eigenvalue weighted by Gasteiger charge is -2.48. The van der Waals surface area contributed by atoms with Gasteiger partial charge < -0.3 is 14.4 Å². The molecule has 0 bridgehead atoms. The molecule has 5 nitrogen and oxygen atoms in total. The lowest BCUT2D eigenvalue weighted by atomic mass is 9.74. The van der Waals surface area contributed by atoms with Crippen LogP contribution in [0.2, 0.25) is 0 Å². The van der Waals surface area contributed by atoms with E-state index >= 15 is 0 Å². The van der Waals surface area contributed by atoms with Gasteiger partial charge in [-0.1, -0.05) is 97.1 Å². The van der Waals surface area contributed by atoms with E-state index in [1.807, 2.05) is 18.5 Å². The summed E-state index contributed by atoms with van der Waals surface area (Å²) in [6, 6.07) is 33.8. The first-order valence-corrected chi connectivity index (χ1v) is 12.6. The summed E-state index contributed by atoms with van der Waals surface area (Å²) >= 11 is 0. The number of carbonyl (C=O) groups excluding carboxylic acids is 1. The zero-order valence-corrected chi connectivity index (χ0v) is 21.0. The minimum absolute atomic E-state index is 0.160. The van der Waals surface area contributed by atoms with Gasteiger partial charge in [-0.15, -0.1) is 0 Å². The molecule has 188 valence electrons. The number of methoxy groups -OCH3 is 1. The number of likely N-dealkylation sites (tertiary alicyclic amines) is 1. The van der Waals surface area contributed by atoms with Crippen LogP contribution in [0, 0.1) is 0 Å². The molecule has 37 heavy (non-hydrogen) atoms. The van der Waals surface area contributed by atoms with Gasteiger partial charge in [0.2, 0.25) is 0 Å². The van der Waals surface area contributed by atoms with Crippen molar-refractivity contribution in [2.45, 2.75) is 24.6 Å². The third-order valence-corrected chi connectivity index (χ3v) is 7.19. The maximum absolute atomic E-state index is 11.7. The molecule has 0 amide bonds. The van der Waals surface area contributed by atoms with Crippen molar-refractivity contribution in [3.63, 3.8) is 0 Å². The molecule has 2 heterocycles. The lowest BCUT2D eigenvalue weighted by Crippen LogP contribution is -2.52. The van der Waals surface area contributed by atoms with Gasteiger partial charge in [0.15, 0.2) is 0 Å². The summed E-state index contributed by atoms with van der Waals surface area (Å²) in [6.45, 7) is 1.50. The van der Waals surface area contributed by atoms with Crippen LogP contribution in [-0.2, 0) is 21.6 Å². The number of hydrogen-bond donors (Lipinski definition) is 1. The summed E-state index contributed by atoms with van der Waals surface area (Å²) in [5.74, 6) is -0.294. The van der Waals surface area contributed by atoms with Gasteiger partial charge in [-0.2, -0.15) is 0 Å². The van der Waals surface area contributed by atoms with Crippen molar-refractivity contribution < 1.29 is 14.6 Å². The van der Waals surface area contributed by atoms with E-state index < -0.39 is 11.6 Å². The number of aliphatic hydroxyl groups excluding tert-OH is 1. The third-order valence-electron chi connectivity index (χ3n) is 7.19. The van der Waals surface area contributed by atoms with Crippen LogP contribution in [0.4, 0.5) is 0 Å². The Balaban J connectivity index is 1.60. The standard InChI is InChI=1S/C32H32N2O3/c1-37-31(36)24-33-19-17-25(22-33)21-26-23-34(20-18-30(26)35)32(27-11-5-2-6-12-27,28-13-7-3-8-14-28)29-15-9-4-10-16-29/h2-17,19,21-22,30,35H,18,20,23-24H2,1H3. The highest BCUT2D eigenvalue weighted by atomic mass is 16.5. The molecule has 1 unspecified atom stereocenters. The molecule has 5 rings (SSSR count). The van der Waals surface area contributed by atoms with Gasteiger partial charge in [0.1, 0.15) is 6.54 Å². The van der Waals surface area contributed by atoms with Crippen LogP contribution in [0.1, 0.15) is 28.7 Å². The highest BCUT2D eigenvalue weighted by Crippen LogP contribution is 2.44. The number of piperidine rings is 1. The van der Waals surface area contributed by atoms with Gasteiger partial charge in [0, 0.05) is 25.5 Å². The van der Waals surface area contributed by atoms with E-state index in [0.29, 0.717) is 13.0 Å². The second-order valence-electron chi connectivity index (χ2n) is 9.45. The smallest absolute Gasteiger partial charge is 0.325 e. The molecule has 1 fully saturated rings. The zero-order chi connectivity index (χ0) is 25.7. The second kappa shape index (κ2) is 11.0. The molecular formula is C32H32N2O3. The number of nitrogens with zero attached hydrogens (tertiary/aromatic N) is 2. The summed E-state index contributed by atoms with van der Waals surface area (Å²) in [6.07, 6.45) is 5.92. The molecule has 0 spiro atoms. The van der Waals surface area contributed by atoms with Crippen molar-refractivity contribution >= 4 is 12.0 Å². The number of hydrogen-bond acceptors (Lipinski definition) is 4. The van der Waals surface area contributed by atoms with Crippen LogP contribution in [0.3, 0.4) is 0 Å². The van der Waals surface area contributed by atoms with Gasteiger partial charge in [-0.05, 0) is 40.3 Å². The fourth-order valence-electron chi connectivity index (χ4n) is 5.45. The van der Waals surface area contributed by atoms with Crippen LogP contribution >= 0.6 is 0 Å². The molecule has 1 saturated heterocycles. The molecular weight excluding hydrogens is 460 g/mol. The number of aliphatic hydroxyl groups is 1. The molecule has 0 aliphatic carbocycles. The molecule has 1 aliphatic rings. The van der Waals surface area contributed by atoms with Gasteiger partial charge in [0.05, 0.1) is 18.8 Å². The van der Waals surface area contributed by atoms with E-state index in [9.17, 15) is 9.90 Å². The first kappa shape index (κ1) is 24.8. The molecule has 1 atom stereocenters. The molecule has 1 N–H and O–H groups in total. The number of aromatic nitrogens is 1. The minimum atomic E-state index is -0.528. The van der Waals surface area contributed by atoms with Crippen molar-refractivity contribution in [1.29, 1.82) is 0 Å². The first-order valence-electron chi connectivity index (χ1n) is 12.6. The monoisotopic (exact) mass is 492 g/mol. The predicted octanol–water partition coefficient (Wildman–Crippen LogP) is 5.10. The van der Waals surface area contributed by atoms with E-state index in [4.69, 9.17) is 4.74 Å². The second-order valence-corrected chi connectivity index (χ2v) is 9.45. The van der Waals surface area contributed by atoms with E-state index in [0.717, 1.165) is 17.7 Å². The Hall–Kier alpha value is -3.93. The highest BCUT2D eigenvalue weighted by molar-refractivity contribution is 5.69. The van der Waals surface area contributed by atoms with Gasteiger partial charge in [-0.25, -0.2) is 0 Å². The third kappa shape index (κ3) is 5.01. The maximum Gasteiger partial charge on any atom is 0.325 e. The largest absolute Gasteiger partial charge is 0.468 e. The molecule has 0 radical (unpaired) electrons. The first-order chi connectivity index (χ1) is 18.1. The van der Waals surface area contributed by atoms with Crippen molar-refractivity contribution in [3.8, 4) is 0 Å². The summed E-state index contributed by atoms with van der Waals surface area (Å²) in [4.78, 5) is 14.2. The van der Waals surface area contributed by atoms with Crippen molar-refractivity contribution in [3.05, 3.63) is 137 Å².